The maximum absolute atomic E-state index is 8.63. The summed E-state index contributed by atoms with van der Waals surface area (Å²) in [6.07, 6.45) is 0. The lowest BCUT2D eigenvalue weighted by Crippen LogP contribution is -2.13. The molecular formula is C13H10Cl2N2OS. The zero-order valence-corrected chi connectivity index (χ0v) is 12.0. The molecule has 0 saturated heterocycles. The molecule has 19 heavy (non-hydrogen) atoms. The Labute approximate surface area is 125 Å². The molecule has 0 saturated carbocycles. The largest absolute Gasteiger partial charge is 0.409 e. The smallest absolute Gasteiger partial charge is 0.171 e. The van der Waals surface area contributed by atoms with E-state index in [1.165, 1.54) is 0 Å². The van der Waals surface area contributed by atoms with E-state index in [4.69, 9.17) is 34.1 Å². The van der Waals surface area contributed by atoms with Crippen molar-refractivity contribution < 1.29 is 5.21 Å². The van der Waals surface area contributed by atoms with Crippen molar-refractivity contribution in [3.8, 4) is 0 Å². The van der Waals surface area contributed by atoms with E-state index < -0.39 is 0 Å². The Kier molecular flexibility index (Phi) is 4.58. The fourth-order valence-corrected chi connectivity index (χ4v) is 2.78. The van der Waals surface area contributed by atoms with Gasteiger partial charge in [0.05, 0.1) is 5.02 Å². The van der Waals surface area contributed by atoms with Crippen LogP contribution in [0.15, 0.2) is 57.4 Å². The van der Waals surface area contributed by atoms with E-state index in [1.807, 2.05) is 30.3 Å². The highest BCUT2D eigenvalue weighted by atomic mass is 35.5. The van der Waals surface area contributed by atoms with E-state index in [9.17, 15) is 0 Å². The predicted octanol–water partition coefficient (Wildman–Crippen LogP) is 4.24. The van der Waals surface area contributed by atoms with Crippen LogP contribution in [-0.2, 0) is 0 Å². The van der Waals surface area contributed by atoms with Crippen molar-refractivity contribution in [2.75, 3.05) is 0 Å². The molecular weight excluding hydrogens is 303 g/mol. The van der Waals surface area contributed by atoms with Crippen LogP contribution in [0.1, 0.15) is 5.56 Å². The lowest BCUT2D eigenvalue weighted by molar-refractivity contribution is 0.318. The number of oxime groups is 1. The van der Waals surface area contributed by atoms with Gasteiger partial charge in [-0.05, 0) is 42.5 Å². The first-order chi connectivity index (χ1) is 9.10. The topological polar surface area (TPSA) is 58.6 Å². The molecule has 3 N–H and O–H groups in total. The SMILES string of the molecule is NC(=NO)c1ccc(Sc2ccc(Cl)cc2)cc1Cl. The van der Waals surface area contributed by atoms with Gasteiger partial charge in [-0.15, -0.1) is 0 Å². The molecule has 2 aromatic carbocycles. The van der Waals surface area contributed by atoms with E-state index in [1.54, 1.807) is 23.9 Å². The normalized spacial score (nSPS) is 11.6. The van der Waals surface area contributed by atoms with E-state index in [0.717, 1.165) is 9.79 Å². The Hall–Kier alpha value is -1.36. The monoisotopic (exact) mass is 312 g/mol. The number of nitrogens with zero attached hydrogens (tertiary/aromatic N) is 1. The highest BCUT2D eigenvalue weighted by Gasteiger charge is 2.07. The van der Waals surface area contributed by atoms with Crippen molar-refractivity contribution in [1.29, 1.82) is 0 Å². The molecule has 0 amide bonds. The van der Waals surface area contributed by atoms with Gasteiger partial charge in [-0.1, -0.05) is 40.1 Å². The van der Waals surface area contributed by atoms with Gasteiger partial charge in [0.1, 0.15) is 0 Å². The van der Waals surface area contributed by atoms with Gasteiger partial charge < -0.3 is 10.9 Å². The fourth-order valence-electron chi connectivity index (χ4n) is 1.46. The van der Waals surface area contributed by atoms with Crippen LogP contribution >= 0.6 is 35.0 Å². The van der Waals surface area contributed by atoms with Crippen molar-refractivity contribution in [3.05, 3.63) is 58.1 Å². The van der Waals surface area contributed by atoms with Crippen LogP contribution in [0.4, 0.5) is 0 Å². The second kappa shape index (κ2) is 6.19. The minimum atomic E-state index is -0.00644. The highest BCUT2D eigenvalue weighted by Crippen LogP contribution is 2.31. The van der Waals surface area contributed by atoms with Gasteiger partial charge in [-0.2, -0.15) is 0 Å². The molecule has 2 rings (SSSR count). The van der Waals surface area contributed by atoms with Gasteiger partial charge in [0.2, 0.25) is 0 Å². The first kappa shape index (κ1) is 14.1. The zero-order valence-electron chi connectivity index (χ0n) is 9.68. The minimum Gasteiger partial charge on any atom is -0.409 e. The van der Waals surface area contributed by atoms with Crippen LogP contribution < -0.4 is 5.73 Å². The maximum atomic E-state index is 8.63. The van der Waals surface area contributed by atoms with Crippen molar-refractivity contribution >= 4 is 40.8 Å². The number of halogens is 2. The average molecular weight is 313 g/mol. The molecule has 0 fully saturated rings. The number of nitrogens with two attached hydrogens (primary N) is 1. The Balaban J connectivity index is 2.23. The van der Waals surface area contributed by atoms with Gasteiger partial charge in [-0.25, -0.2) is 0 Å². The molecule has 0 atom stereocenters. The Morgan fingerprint density at radius 2 is 1.68 bits per heavy atom. The van der Waals surface area contributed by atoms with Gasteiger partial charge in [0.15, 0.2) is 5.84 Å². The molecule has 2 aromatic rings. The second-order valence-electron chi connectivity index (χ2n) is 3.68. The predicted molar refractivity (Wildman–Crippen MR) is 79.5 cm³/mol. The summed E-state index contributed by atoms with van der Waals surface area (Å²) in [6, 6.07) is 12.9. The molecule has 6 heteroatoms. The summed E-state index contributed by atoms with van der Waals surface area (Å²) >= 11 is 13.5. The van der Waals surface area contributed by atoms with Crippen LogP contribution in [0.3, 0.4) is 0 Å². The van der Waals surface area contributed by atoms with E-state index in [-0.39, 0.29) is 5.84 Å². The summed E-state index contributed by atoms with van der Waals surface area (Å²) in [7, 11) is 0. The first-order valence-corrected chi connectivity index (χ1v) is 6.88. The van der Waals surface area contributed by atoms with Crippen molar-refractivity contribution in [3.63, 3.8) is 0 Å². The lowest BCUT2D eigenvalue weighted by atomic mass is 10.2. The average Bonchev–Trinajstić information content (AvgIpc) is 2.41. The van der Waals surface area contributed by atoms with Crippen molar-refractivity contribution in [2.45, 2.75) is 9.79 Å². The van der Waals surface area contributed by atoms with Crippen molar-refractivity contribution in [2.24, 2.45) is 10.9 Å². The van der Waals surface area contributed by atoms with Gasteiger partial charge in [-0.3, -0.25) is 0 Å². The van der Waals surface area contributed by atoms with Crippen LogP contribution in [0, 0.1) is 0 Å². The molecule has 0 unspecified atom stereocenters. The number of hydrogen-bond donors (Lipinski definition) is 2. The molecule has 0 aliphatic carbocycles. The Bertz CT molecular complexity index is 615. The quantitative estimate of drug-likeness (QED) is 0.386. The van der Waals surface area contributed by atoms with Crippen LogP contribution in [0.5, 0.6) is 0 Å². The molecule has 0 spiro atoms. The summed E-state index contributed by atoms with van der Waals surface area (Å²) in [5.74, 6) is -0.00644. The third-order valence-electron chi connectivity index (χ3n) is 2.37. The summed E-state index contributed by atoms with van der Waals surface area (Å²) in [4.78, 5) is 2.01. The molecule has 0 aliphatic heterocycles. The lowest BCUT2D eigenvalue weighted by Gasteiger charge is -2.06. The number of rotatable bonds is 3. The van der Waals surface area contributed by atoms with Crippen LogP contribution in [-0.4, -0.2) is 11.0 Å². The zero-order chi connectivity index (χ0) is 13.8. The molecule has 3 nitrogen and oxygen atoms in total. The summed E-state index contributed by atoms with van der Waals surface area (Å²) in [5, 5.41) is 12.7. The molecule has 0 radical (unpaired) electrons. The van der Waals surface area contributed by atoms with Gasteiger partial charge in [0.25, 0.3) is 0 Å². The maximum Gasteiger partial charge on any atom is 0.171 e. The van der Waals surface area contributed by atoms with E-state index >= 15 is 0 Å². The molecule has 0 heterocycles. The van der Waals surface area contributed by atoms with Crippen LogP contribution in [0.2, 0.25) is 10.0 Å². The summed E-state index contributed by atoms with van der Waals surface area (Å²) < 4.78 is 0. The summed E-state index contributed by atoms with van der Waals surface area (Å²) in [5.41, 5.74) is 6.01. The van der Waals surface area contributed by atoms with Crippen molar-refractivity contribution in [1.82, 2.24) is 0 Å². The third kappa shape index (κ3) is 3.56. The first-order valence-electron chi connectivity index (χ1n) is 5.31. The second-order valence-corrected chi connectivity index (χ2v) is 5.67. The number of amidine groups is 1. The van der Waals surface area contributed by atoms with Gasteiger partial charge >= 0.3 is 0 Å². The summed E-state index contributed by atoms with van der Waals surface area (Å²) in [6.45, 7) is 0. The standard InChI is InChI=1S/C13H10Cl2N2OS/c14-8-1-3-9(4-2-8)19-10-5-6-11(12(15)7-10)13(16)17-18/h1-7,18H,(H2,16,17). The molecule has 0 bridgehead atoms. The molecule has 0 aliphatic rings. The number of benzene rings is 2. The molecule has 98 valence electrons. The van der Waals surface area contributed by atoms with E-state index in [2.05, 4.69) is 5.16 Å². The third-order valence-corrected chi connectivity index (χ3v) is 3.94. The van der Waals surface area contributed by atoms with Gasteiger partial charge in [0, 0.05) is 20.4 Å². The van der Waals surface area contributed by atoms with Crippen LogP contribution in [0.25, 0.3) is 0 Å². The van der Waals surface area contributed by atoms with E-state index in [0.29, 0.717) is 15.6 Å². The number of hydrogen-bond acceptors (Lipinski definition) is 3. The Morgan fingerprint density at radius 1 is 1.05 bits per heavy atom. The highest BCUT2D eigenvalue weighted by molar-refractivity contribution is 7.99. The Morgan fingerprint density at radius 3 is 2.26 bits per heavy atom. The molecule has 0 aromatic heterocycles. The fraction of sp³-hybridized carbons (Fsp3) is 0. The minimum absolute atomic E-state index is 0.00644.